The van der Waals surface area contributed by atoms with Gasteiger partial charge in [-0.2, -0.15) is 0 Å². The monoisotopic (exact) mass is 284 g/mol. The minimum absolute atomic E-state index is 0.0737. The van der Waals surface area contributed by atoms with Crippen LogP contribution in [-0.4, -0.2) is 30.7 Å². The topological polar surface area (TPSA) is 91.7 Å². The van der Waals surface area contributed by atoms with Gasteiger partial charge in [0.05, 0.1) is 11.0 Å². The fraction of sp³-hybridized carbons (Fsp3) is 0.308. The second-order valence-corrected chi connectivity index (χ2v) is 6.26. The smallest absolute Gasteiger partial charge is 0.315 e. The molecule has 2 atom stereocenters. The maximum Gasteiger partial charge on any atom is 0.315 e. The van der Waals surface area contributed by atoms with Gasteiger partial charge in [0.25, 0.3) is 0 Å². The summed E-state index contributed by atoms with van der Waals surface area (Å²) in [7, 11) is -3.72. The summed E-state index contributed by atoms with van der Waals surface area (Å²) < 4.78 is 23.9. The van der Waals surface area contributed by atoms with Crippen molar-refractivity contribution in [2.75, 3.05) is 0 Å². The molecule has 0 aliphatic rings. The van der Waals surface area contributed by atoms with Crippen molar-refractivity contribution in [3.8, 4) is 0 Å². The molecule has 0 saturated heterocycles. The van der Waals surface area contributed by atoms with Crippen LogP contribution in [0.3, 0.4) is 0 Å². The Labute approximate surface area is 112 Å². The van der Waals surface area contributed by atoms with Crippen LogP contribution in [-0.2, 0) is 14.6 Å². The summed E-state index contributed by atoms with van der Waals surface area (Å²) >= 11 is 0. The molecule has 0 aliphatic carbocycles. The molecule has 0 unspecified atom stereocenters. The molecule has 1 aromatic carbocycles. The van der Waals surface area contributed by atoms with Gasteiger partial charge in [-0.15, -0.1) is 0 Å². The van der Waals surface area contributed by atoms with E-state index in [0.717, 1.165) is 11.5 Å². The normalized spacial score (nSPS) is 17.0. The van der Waals surface area contributed by atoms with Gasteiger partial charge < -0.3 is 10.2 Å². The Kier molecular flexibility index (Phi) is 4.49. The lowest BCUT2D eigenvalue weighted by Gasteiger charge is -2.23. The summed E-state index contributed by atoms with van der Waals surface area (Å²) in [6, 6.07) is 7.66. The lowest BCUT2D eigenvalue weighted by molar-refractivity contribution is -0.150. The molecule has 0 aromatic heterocycles. The van der Waals surface area contributed by atoms with Gasteiger partial charge in [-0.05, 0) is 26.0 Å². The summed E-state index contributed by atoms with van der Waals surface area (Å²) in [6.07, 6.45) is -0.213. The first-order valence-electron chi connectivity index (χ1n) is 5.61. The minimum Gasteiger partial charge on any atom is -0.481 e. The zero-order chi connectivity index (χ0) is 14.7. The zero-order valence-corrected chi connectivity index (χ0v) is 11.5. The molecule has 0 bridgehead atoms. The number of sulfone groups is 1. The summed E-state index contributed by atoms with van der Waals surface area (Å²) in [5.41, 5.74) is -1.65. The highest BCUT2D eigenvalue weighted by atomic mass is 32.2. The van der Waals surface area contributed by atoms with E-state index in [1.54, 1.807) is 18.2 Å². The molecule has 0 amide bonds. The average Bonchev–Trinajstić information content (AvgIpc) is 2.36. The first-order chi connectivity index (χ1) is 8.70. The van der Waals surface area contributed by atoms with Gasteiger partial charge in [0.2, 0.25) is 0 Å². The maximum atomic E-state index is 12.0. The van der Waals surface area contributed by atoms with Crippen molar-refractivity contribution in [1.29, 1.82) is 0 Å². The van der Waals surface area contributed by atoms with Gasteiger partial charge in [-0.1, -0.05) is 24.3 Å². The van der Waals surface area contributed by atoms with Crippen LogP contribution in [0, 0.1) is 5.41 Å². The number of hydrogen-bond acceptors (Lipinski definition) is 4. The number of aliphatic hydroxyl groups excluding tert-OH is 1. The van der Waals surface area contributed by atoms with E-state index in [4.69, 9.17) is 5.11 Å². The van der Waals surface area contributed by atoms with Crippen LogP contribution < -0.4 is 0 Å². The summed E-state index contributed by atoms with van der Waals surface area (Å²) in [5.74, 6) is -1.29. The van der Waals surface area contributed by atoms with Crippen LogP contribution >= 0.6 is 0 Å². The number of aliphatic hydroxyl groups is 1. The second kappa shape index (κ2) is 5.54. The number of aliphatic carboxylic acids is 1. The third kappa shape index (κ3) is 3.42. The van der Waals surface area contributed by atoms with Crippen LogP contribution in [0.2, 0.25) is 0 Å². The van der Waals surface area contributed by atoms with Gasteiger partial charge in [0, 0.05) is 5.41 Å². The van der Waals surface area contributed by atoms with Gasteiger partial charge in [-0.25, -0.2) is 8.42 Å². The van der Waals surface area contributed by atoms with E-state index in [1.807, 2.05) is 0 Å². The van der Waals surface area contributed by atoms with E-state index in [1.165, 1.54) is 26.0 Å². The third-order valence-corrected chi connectivity index (χ3v) is 4.42. The number of benzene rings is 1. The standard InChI is InChI=1S/C13H16O5S/c1-10(14)13(2,12(15)16)8-9-19(17,18)11-6-4-3-5-7-11/h3-10,14H,1-2H3,(H,15,16)/b9-8+/t10-,13-/m1/s1. The van der Waals surface area contributed by atoms with E-state index in [9.17, 15) is 18.3 Å². The Balaban J connectivity index is 3.14. The van der Waals surface area contributed by atoms with Crippen molar-refractivity contribution in [1.82, 2.24) is 0 Å². The molecule has 0 aliphatic heterocycles. The van der Waals surface area contributed by atoms with Crippen LogP contribution in [0.4, 0.5) is 0 Å². The molecule has 0 fully saturated rings. The highest BCUT2D eigenvalue weighted by molar-refractivity contribution is 7.94. The van der Waals surface area contributed by atoms with E-state index < -0.39 is 27.3 Å². The lowest BCUT2D eigenvalue weighted by Crippen LogP contribution is -2.36. The molecule has 6 heteroatoms. The fourth-order valence-corrected chi connectivity index (χ4v) is 2.46. The molecule has 104 valence electrons. The van der Waals surface area contributed by atoms with Crippen molar-refractivity contribution in [3.63, 3.8) is 0 Å². The number of carbonyl (C=O) groups is 1. The molecule has 0 radical (unpaired) electrons. The molecule has 1 aromatic rings. The highest BCUT2D eigenvalue weighted by Crippen LogP contribution is 2.25. The zero-order valence-electron chi connectivity index (χ0n) is 10.6. The first kappa shape index (κ1) is 15.4. The molecule has 0 spiro atoms. The molecule has 19 heavy (non-hydrogen) atoms. The van der Waals surface area contributed by atoms with E-state index in [0.29, 0.717) is 0 Å². The van der Waals surface area contributed by atoms with E-state index in [-0.39, 0.29) is 4.90 Å². The lowest BCUT2D eigenvalue weighted by atomic mass is 9.85. The summed E-state index contributed by atoms with van der Waals surface area (Å²) in [6.45, 7) is 2.56. The third-order valence-electron chi connectivity index (χ3n) is 2.99. The van der Waals surface area contributed by atoms with Crippen molar-refractivity contribution in [2.45, 2.75) is 24.8 Å². The maximum absolute atomic E-state index is 12.0. The molecular weight excluding hydrogens is 268 g/mol. The molecule has 1 rings (SSSR count). The van der Waals surface area contributed by atoms with Crippen LogP contribution in [0.5, 0.6) is 0 Å². The van der Waals surface area contributed by atoms with Gasteiger partial charge in [0.1, 0.15) is 5.41 Å². The Morgan fingerprint density at radius 1 is 1.32 bits per heavy atom. The SMILES string of the molecule is C[C@@H](O)[C@@](C)(/C=C/S(=O)(=O)c1ccccc1)C(=O)O. The molecule has 0 saturated carbocycles. The van der Waals surface area contributed by atoms with Gasteiger partial charge in [-0.3, -0.25) is 4.79 Å². The van der Waals surface area contributed by atoms with Crippen molar-refractivity contribution in [2.24, 2.45) is 5.41 Å². The molecule has 5 nitrogen and oxygen atoms in total. The van der Waals surface area contributed by atoms with Gasteiger partial charge in [0.15, 0.2) is 9.84 Å². The fourth-order valence-electron chi connectivity index (χ4n) is 1.31. The minimum atomic E-state index is -3.72. The van der Waals surface area contributed by atoms with Crippen LogP contribution in [0.25, 0.3) is 0 Å². The van der Waals surface area contributed by atoms with Crippen LogP contribution in [0.1, 0.15) is 13.8 Å². The second-order valence-electron chi connectivity index (χ2n) is 4.42. The van der Waals surface area contributed by atoms with E-state index in [2.05, 4.69) is 0 Å². The Hall–Kier alpha value is -1.66. The van der Waals surface area contributed by atoms with E-state index >= 15 is 0 Å². The van der Waals surface area contributed by atoms with Gasteiger partial charge >= 0.3 is 5.97 Å². The first-order valence-corrected chi connectivity index (χ1v) is 7.15. The van der Waals surface area contributed by atoms with Crippen LogP contribution in [0.15, 0.2) is 46.7 Å². The largest absolute Gasteiger partial charge is 0.481 e. The number of hydrogen-bond donors (Lipinski definition) is 2. The highest BCUT2D eigenvalue weighted by Gasteiger charge is 2.36. The Morgan fingerprint density at radius 3 is 2.26 bits per heavy atom. The predicted octanol–water partition coefficient (Wildman–Crippen LogP) is 1.45. The molecule has 0 heterocycles. The predicted molar refractivity (Wildman–Crippen MR) is 70.2 cm³/mol. The Morgan fingerprint density at radius 2 is 1.84 bits per heavy atom. The molecular formula is C13H16O5S. The van der Waals surface area contributed by atoms with Crippen molar-refractivity contribution in [3.05, 3.63) is 41.8 Å². The number of carboxylic acids is 1. The van der Waals surface area contributed by atoms with Crippen molar-refractivity contribution < 1.29 is 23.4 Å². The summed E-state index contributed by atoms with van der Waals surface area (Å²) in [4.78, 5) is 11.2. The average molecular weight is 284 g/mol. The molecule has 2 N–H and O–H groups in total. The number of carboxylic acid groups (broad SMARTS) is 1. The summed E-state index contributed by atoms with van der Waals surface area (Å²) in [5, 5.41) is 19.4. The van der Waals surface area contributed by atoms with Crippen molar-refractivity contribution >= 4 is 15.8 Å². The Bertz CT molecular complexity index is 574. The number of rotatable bonds is 5. The quantitative estimate of drug-likeness (QED) is 0.853.